The SMILES string of the molecule is Cc1cc(C)c(O)c(C)c1.Cc1cc(C)c(O)c(C)c1.[C-]1=CC=CC1.[C-]1=CC=CC1.[Zr+2]. The summed E-state index contributed by atoms with van der Waals surface area (Å²) in [6.07, 6.45) is 20.0. The smallest absolute Gasteiger partial charge is 0.507 e. The number of hydrogen-bond donors (Lipinski definition) is 2. The van der Waals surface area contributed by atoms with Crippen LogP contribution in [0.2, 0.25) is 0 Å². The third kappa shape index (κ3) is 11.7. The molecular weight excluding hydrogens is 460 g/mol. The van der Waals surface area contributed by atoms with Gasteiger partial charge in [-0.05, 0) is 63.8 Å². The molecule has 2 aromatic rings. The Balaban J connectivity index is 0.000000401. The molecule has 2 nitrogen and oxygen atoms in total. The number of allylic oxidation sites excluding steroid dienone is 8. The van der Waals surface area contributed by atoms with Crippen molar-refractivity contribution in [3.05, 3.63) is 106 Å². The molecule has 0 heterocycles. The third-order valence-corrected chi connectivity index (χ3v) is 4.44. The fraction of sp³-hybridized carbons (Fsp3) is 0.286. The molecular formula is C28H34O2Zr. The van der Waals surface area contributed by atoms with Crippen LogP contribution >= 0.6 is 0 Å². The molecule has 2 N–H and O–H groups in total. The van der Waals surface area contributed by atoms with Crippen LogP contribution in [0, 0.1) is 53.7 Å². The molecule has 0 fully saturated rings. The minimum absolute atomic E-state index is 0. The Bertz CT molecular complexity index is 791. The average Bonchev–Trinajstić information content (AvgIpc) is 3.43. The molecule has 2 aliphatic rings. The van der Waals surface area contributed by atoms with Gasteiger partial charge in [0.1, 0.15) is 11.5 Å². The Morgan fingerprint density at radius 1 is 0.581 bits per heavy atom. The first-order valence-electron chi connectivity index (χ1n) is 10.2. The van der Waals surface area contributed by atoms with Crippen molar-refractivity contribution >= 4 is 0 Å². The van der Waals surface area contributed by atoms with E-state index in [1.54, 1.807) is 0 Å². The van der Waals surface area contributed by atoms with E-state index in [4.69, 9.17) is 0 Å². The van der Waals surface area contributed by atoms with Gasteiger partial charge in [0.2, 0.25) is 0 Å². The van der Waals surface area contributed by atoms with Gasteiger partial charge in [0.15, 0.2) is 0 Å². The Morgan fingerprint density at radius 3 is 1.03 bits per heavy atom. The van der Waals surface area contributed by atoms with Crippen LogP contribution in [0.1, 0.15) is 46.2 Å². The zero-order valence-electron chi connectivity index (χ0n) is 19.6. The molecule has 0 unspecified atom stereocenters. The Hall–Kier alpha value is -2.12. The maximum Gasteiger partial charge on any atom is 2.00 e. The summed E-state index contributed by atoms with van der Waals surface area (Å²) < 4.78 is 0. The molecule has 0 bridgehead atoms. The Morgan fingerprint density at radius 2 is 0.871 bits per heavy atom. The van der Waals surface area contributed by atoms with Crippen LogP contribution in [0.3, 0.4) is 0 Å². The summed E-state index contributed by atoms with van der Waals surface area (Å²) in [6, 6.07) is 7.90. The molecule has 0 atom stereocenters. The van der Waals surface area contributed by atoms with E-state index in [-0.39, 0.29) is 26.2 Å². The van der Waals surface area contributed by atoms with Crippen LogP contribution < -0.4 is 0 Å². The summed E-state index contributed by atoms with van der Waals surface area (Å²) in [7, 11) is 0. The van der Waals surface area contributed by atoms with Crippen molar-refractivity contribution in [2.75, 3.05) is 0 Å². The summed E-state index contributed by atoms with van der Waals surface area (Å²) in [4.78, 5) is 0. The van der Waals surface area contributed by atoms with Crippen LogP contribution in [0.4, 0.5) is 0 Å². The number of phenols is 2. The van der Waals surface area contributed by atoms with Gasteiger partial charge in [-0.25, -0.2) is 24.3 Å². The van der Waals surface area contributed by atoms with Crippen LogP contribution in [0.15, 0.2) is 60.7 Å². The number of benzene rings is 2. The van der Waals surface area contributed by atoms with Crippen LogP contribution in [-0.2, 0) is 26.2 Å². The van der Waals surface area contributed by atoms with Gasteiger partial charge in [0.25, 0.3) is 0 Å². The van der Waals surface area contributed by atoms with Crippen molar-refractivity contribution in [2.45, 2.75) is 54.4 Å². The summed E-state index contributed by atoms with van der Waals surface area (Å²) in [5, 5.41) is 18.7. The molecule has 162 valence electrons. The zero-order valence-corrected chi connectivity index (χ0v) is 22.0. The molecule has 0 radical (unpaired) electrons. The van der Waals surface area contributed by atoms with Gasteiger partial charge in [0.05, 0.1) is 0 Å². The maximum absolute atomic E-state index is 9.33. The van der Waals surface area contributed by atoms with Gasteiger partial charge in [-0.1, -0.05) is 35.4 Å². The fourth-order valence-electron chi connectivity index (χ4n) is 3.03. The second-order valence-corrected chi connectivity index (χ2v) is 7.50. The Kier molecular flexibility index (Phi) is 14.6. The van der Waals surface area contributed by atoms with Crippen LogP contribution in [0.25, 0.3) is 0 Å². The van der Waals surface area contributed by atoms with Gasteiger partial charge in [-0.15, -0.1) is 12.8 Å². The topological polar surface area (TPSA) is 40.5 Å². The summed E-state index contributed by atoms with van der Waals surface area (Å²) in [5.41, 5.74) is 6.23. The quantitative estimate of drug-likeness (QED) is 0.380. The predicted octanol–water partition coefficient (Wildman–Crippen LogP) is 7.24. The van der Waals surface area contributed by atoms with E-state index in [1.807, 2.05) is 90.1 Å². The minimum atomic E-state index is 0. The first-order valence-corrected chi connectivity index (χ1v) is 10.2. The van der Waals surface area contributed by atoms with E-state index in [2.05, 4.69) is 24.3 Å². The normalized spacial score (nSPS) is 12.1. The standard InChI is InChI=1S/2C9H12O.2C5H5.Zr/c2*1-6-4-7(2)9(10)8(3)5-6;2*1-2-4-5-3-1;/h2*4-5,10H,1-3H3;2*1-3H,4H2;/q;;2*-1;+2. The van der Waals surface area contributed by atoms with Crippen molar-refractivity contribution in [3.63, 3.8) is 0 Å². The van der Waals surface area contributed by atoms with E-state index in [9.17, 15) is 10.2 Å². The minimum Gasteiger partial charge on any atom is -0.507 e. The molecule has 3 heteroatoms. The molecule has 0 amide bonds. The summed E-state index contributed by atoms with van der Waals surface area (Å²) >= 11 is 0. The van der Waals surface area contributed by atoms with E-state index >= 15 is 0 Å². The molecule has 4 rings (SSSR count). The maximum atomic E-state index is 9.33. The second kappa shape index (κ2) is 15.7. The molecule has 0 aliphatic heterocycles. The zero-order chi connectivity index (χ0) is 22.5. The van der Waals surface area contributed by atoms with Gasteiger partial charge < -0.3 is 10.2 Å². The summed E-state index contributed by atoms with van der Waals surface area (Å²) in [5.74, 6) is 0.844. The van der Waals surface area contributed by atoms with Gasteiger partial charge in [-0.2, -0.15) is 12.2 Å². The Labute approximate surface area is 207 Å². The van der Waals surface area contributed by atoms with E-state index in [0.29, 0.717) is 11.5 Å². The number of aryl methyl sites for hydroxylation is 6. The number of hydrogen-bond acceptors (Lipinski definition) is 2. The molecule has 2 aliphatic carbocycles. The number of rotatable bonds is 0. The monoisotopic (exact) mass is 492 g/mol. The first kappa shape index (κ1) is 28.9. The van der Waals surface area contributed by atoms with E-state index in [0.717, 1.165) is 35.1 Å². The molecule has 31 heavy (non-hydrogen) atoms. The molecule has 0 saturated carbocycles. The van der Waals surface area contributed by atoms with Gasteiger partial charge >= 0.3 is 26.2 Å². The molecule has 0 saturated heterocycles. The number of aromatic hydroxyl groups is 2. The van der Waals surface area contributed by atoms with Crippen molar-refractivity contribution in [1.82, 2.24) is 0 Å². The third-order valence-electron chi connectivity index (χ3n) is 4.44. The number of phenolic OH excluding ortho intramolecular Hbond substituents is 2. The largest absolute Gasteiger partial charge is 2.00 e. The van der Waals surface area contributed by atoms with Gasteiger partial charge in [-0.3, -0.25) is 12.2 Å². The van der Waals surface area contributed by atoms with Crippen LogP contribution in [0.5, 0.6) is 11.5 Å². The van der Waals surface area contributed by atoms with Crippen molar-refractivity contribution < 1.29 is 36.4 Å². The van der Waals surface area contributed by atoms with Crippen molar-refractivity contribution in [2.24, 2.45) is 0 Å². The van der Waals surface area contributed by atoms with Crippen molar-refractivity contribution in [1.29, 1.82) is 0 Å². The van der Waals surface area contributed by atoms with Crippen molar-refractivity contribution in [3.8, 4) is 11.5 Å². The summed E-state index contributed by atoms with van der Waals surface area (Å²) in [6.45, 7) is 11.7. The van der Waals surface area contributed by atoms with Crippen LogP contribution in [-0.4, -0.2) is 10.2 Å². The fourth-order valence-corrected chi connectivity index (χ4v) is 3.03. The molecule has 2 aromatic carbocycles. The molecule has 0 aromatic heterocycles. The van der Waals surface area contributed by atoms with E-state index < -0.39 is 0 Å². The van der Waals surface area contributed by atoms with Gasteiger partial charge in [0, 0.05) is 0 Å². The average molecular weight is 494 g/mol. The first-order chi connectivity index (χ1) is 14.2. The molecule has 0 spiro atoms. The second-order valence-electron chi connectivity index (χ2n) is 7.50. The predicted molar refractivity (Wildman–Crippen MR) is 128 cm³/mol. The van der Waals surface area contributed by atoms with E-state index in [1.165, 1.54) is 11.1 Å².